The highest BCUT2D eigenvalue weighted by Gasteiger charge is 2.32. The first-order valence-electron chi connectivity index (χ1n) is 4.07. The second-order valence-corrected chi connectivity index (χ2v) is 2.78. The second kappa shape index (κ2) is 4.35. The molecule has 1 rings (SSSR count). The second-order valence-electron chi connectivity index (χ2n) is 2.78. The molecule has 1 aromatic heterocycles. The van der Waals surface area contributed by atoms with Crippen molar-refractivity contribution in [3.05, 3.63) is 17.3 Å². The van der Waals surface area contributed by atoms with Crippen molar-refractivity contribution in [1.82, 2.24) is 4.98 Å². The molecule has 0 radical (unpaired) electrons. The molecule has 0 amide bonds. The zero-order valence-electron chi connectivity index (χ0n) is 7.91. The van der Waals surface area contributed by atoms with Crippen molar-refractivity contribution in [3.63, 3.8) is 0 Å². The Morgan fingerprint density at radius 2 is 2.12 bits per heavy atom. The highest BCUT2D eigenvalue weighted by Crippen LogP contribution is 2.25. The molecule has 0 atom stereocenters. The van der Waals surface area contributed by atoms with Crippen molar-refractivity contribution >= 4 is 12.0 Å². The van der Waals surface area contributed by atoms with Crippen LogP contribution in [0.25, 0.3) is 0 Å². The number of aldehydes is 1. The monoisotopic (exact) mass is 235 g/mol. The summed E-state index contributed by atoms with van der Waals surface area (Å²) in [6, 6.07) is 0.864. The summed E-state index contributed by atoms with van der Waals surface area (Å²) in [5.74, 6) is -0.788. The summed E-state index contributed by atoms with van der Waals surface area (Å²) in [5, 5.41) is 0. The van der Waals surface area contributed by atoms with Crippen LogP contribution in [0.3, 0.4) is 0 Å². The number of rotatable bonds is 3. The molecular weight excluding hydrogens is 227 g/mol. The Labute approximate surface area is 88.2 Å². The molecule has 0 bridgehead atoms. The van der Waals surface area contributed by atoms with E-state index in [1.54, 1.807) is 0 Å². The van der Waals surface area contributed by atoms with Crippen molar-refractivity contribution in [1.29, 1.82) is 0 Å². The molecule has 5 nitrogen and oxygen atoms in total. The SMILES string of the molecule is NCc1c(N)cc(OC(F)(F)F)nc1C=O. The first-order chi connectivity index (χ1) is 7.37. The maximum atomic E-state index is 11.9. The van der Waals surface area contributed by atoms with E-state index in [2.05, 4.69) is 9.72 Å². The number of alkyl halides is 3. The lowest BCUT2D eigenvalue weighted by Crippen LogP contribution is -2.19. The molecule has 0 aliphatic rings. The molecule has 0 spiro atoms. The van der Waals surface area contributed by atoms with Crippen molar-refractivity contribution in [2.45, 2.75) is 12.9 Å². The van der Waals surface area contributed by atoms with E-state index in [0.717, 1.165) is 6.07 Å². The molecule has 0 saturated carbocycles. The van der Waals surface area contributed by atoms with Gasteiger partial charge < -0.3 is 16.2 Å². The Balaban J connectivity index is 3.15. The van der Waals surface area contributed by atoms with E-state index in [-0.39, 0.29) is 29.8 Å². The number of hydrogen-bond acceptors (Lipinski definition) is 5. The molecule has 0 aromatic carbocycles. The van der Waals surface area contributed by atoms with Gasteiger partial charge >= 0.3 is 6.36 Å². The number of aromatic nitrogens is 1. The van der Waals surface area contributed by atoms with Crippen molar-refractivity contribution in [3.8, 4) is 5.88 Å². The highest BCUT2D eigenvalue weighted by atomic mass is 19.4. The number of carbonyl (C=O) groups is 1. The van der Waals surface area contributed by atoms with E-state index in [1.807, 2.05) is 0 Å². The third kappa shape index (κ3) is 2.83. The number of pyridine rings is 1. The third-order valence-electron chi connectivity index (χ3n) is 1.70. The highest BCUT2D eigenvalue weighted by molar-refractivity contribution is 5.78. The summed E-state index contributed by atoms with van der Waals surface area (Å²) in [7, 11) is 0. The first-order valence-corrected chi connectivity index (χ1v) is 4.07. The molecule has 0 saturated heterocycles. The van der Waals surface area contributed by atoms with E-state index >= 15 is 0 Å². The summed E-state index contributed by atoms with van der Waals surface area (Å²) < 4.78 is 39.2. The van der Waals surface area contributed by atoms with Crippen LogP contribution in [0.1, 0.15) is 16.1 Å². The fourth-order valence-electron chi connectivity index (χ4n) is 1.08. The Hall–Kier alpha value is -1.83. The Morgan fingerprint density at radius 1 is 1.50 bits per heavy atom. The van der Waals surface area contributed by atoms with E-state index in [0.29, 0.717) is 0 Å². The molecule has 0 aliphatic heterocycles. The van der Waals surface area contributed by atoms with Gasteiger partial charge in [-0.2, -0.15) is 0 Å². The molecule has 0 fully saturated rings. The minimum absolute atomic E-state index is 0.0705. The minimum atomic E-state index is -4.89. The maximum absolute atomic E-state index is 11.9. The fraction of sp³-hybridized carbons (Fsp3) is 0.250. The van der Waals surface area contributed by atoms with E-state index in [1.165, 1.54) is 0 Å². The molecule has 16 heavy (non-hydrogen) atoms. The number of nitrogens with zero attached hydrogens (tertiary/aromatic N) is 1. The average Bonchev–Trinajstić information content (AvgIpc) is 2.14. The van der Waals surface area contributed by atoms with Crippen LogP contribution >= 0.6 is 0 Å². The molecular formula is C8H8F3N3O2. The number of carbonyl (C=O) groups excluding carboxylic acids is 1. The smallest absolute Gasteiger partial charge is 0.398 e. The van der Waals surface area contributed by atoms with Crippen molar-refractivity contribution in [2.75, 3.05) is 5.73 Å². The summed E-state index contributed by atoms with van der Waals surface area (Å²) in [5.41, 5.74) is 10.5. The van der Waals surface area contributed by atoms with Crippen LogP contribution in [0.15, 0.2) is 6.07 Å². The number of nitrogens with two attached hydrogens (primary N) is 2. The molecule has 0 aliphatic carbocycles. The van der Waals surface area contributed by atoms with Crippen LogP contribution in [-0.4, -0.2) is 17.6 Å². The summed E-state index contributed by atoms with van der Waals surface area (Å²) in [4.78, 5) is 13.9. The van der Waals surface area contributed by atoms with Gasteiger partial charge in [0.25, 0.3) is 0 Å². The van der Waals surface area contributed by atoms with Crippen LogP contribution < -0.4 is 16.2 Å². The standard InChI is InChI=1S/C8H8F3N3O2/c9-8(10,11)16-7-1-5(13)4(2-12)6(3-15)14-7/h1,3H,2,12H2,(H2,13,14). The Bertz CT molecular complexity index is 406. The van der Waals surface area contributed by atoms with Gasteiger partial charge in [-0.3, -0.25) is 4.79 Å². The first kappa shape index (κ1) is 12.2. The zero-order chi connectivity index (χ0) is 12.3. The quantitative estimate of drug-likeness (QED) is 0.757. The summed E-state index contributed by atoms with van der Waals surface area (Å²) in [6.07, 6.45) is -4.62. The molecule has 1 aromatic rings. The van der Waals surface area contributed by atoms with Gasteiger partial charge in [-0.25, -0.2) is 4.98 Å². The summed E-state index contributed by atoms with van der Waals surface area (Å²) >= 11 is 0. The van der Waals surface area contributed by atoms with Gasteiger partial charge in [-0.1, -0.05) is 0 Å². The number of anilines is 1. The van der Waals surface area contributed by atoms with E-state index in [4.69, 9.17) is 11.5 Å². The maximum Gasteiger partial charge on any atom is 0.574 e. The topological polar surface area (TPSA) is 91.2 Å². The Morgan fingerprint density at radius 3 is 2.56 bits per heavy atom. The van der Waals surface area contributed by atoms with E-state index < -0.39 is 12.2 Å². The van der Waals surface area contributed by atoms with E-state index in [9.17, 15) is 18.0 Å². The fourth-order valence-corrected chi connectivity index (χ4v) is 1.08. The number of halogens is 3. The van der Waals surface area contributed by atoms with Gasteiger partial charge in [0.15, 0.2) is 6.29 Å². The third-order valence-corrected chi connectivity index (χ3v) is 1.70. The lowest BCUT2D eigenvalue weighted by atomic mass is 10.1. The number of nitrogen functional groups attached to an aromatic ring is 1. The normalized spacial score (nSPS) is 11.2. The lowest BCUT2D eigenvalue weighted by molar-refractivity contribution is -0.276. The van der Waals surface area contributed by atoms with Gasteiger partial charge in [-0.15, -0.1) is 13.2 Å². The van der Waals surface area contributed by atoms with Crippen molar-refractivity contribution < 1.29 is 22.7 Å². The molecule has 4 N–H and O–H groups in total. The predicted molar refractivity (Wildman–Crippen MR) is 48.6 cm³/mol. The van der Waals surface area contributed by atoms with Crippen LogP contribution in [0, 0.1) is 0 Å². The summed E-state index contributed by atoms with van der Waals surface area (Å²) in [6.45, 7) is -0.0980. The predicted octanol–water partition coefficient (Wildman–Crippen LogP) is 0.834. The van der Waals surface area contributed by atoms with Gasteiger partial charge in [0.1, 0.15) is 5.69 Å². The van der Waals surface area contributed by atoms with Crippen LogP contribution in [-0.2, 0) is 6.54 Å². The van der Waals surface area contributed by atoms with Gasteiger partial charge in [0, 0.05) is 23.9 Å². The molecule has 0 unspecified atom stereocenters. The van der Waals surface area contributed by atoms with Crippen LogP contribution in [0.5, 0.6) is 5.88 Å². The average molecular weight is 235 g/mol. The van der Waals surface area contributed by atoms with Crippen LogP contribution in [0.2, 0.25) is 0 Å². The number of hydrogen-bond donors (Lipinski definition) is 2. The molecule has 1 heterocycles. The largest absolute Gasteiger partial charge is 0.574 e. The van der Waals surface area contributed by atoms with Gasteiger partial charge in [0.2, 0.25) is 5.88 Å². The molecule has 88 valence electrons. The zero-order valence-corrected chi connectivity index (χ0v) is 7.91. The Kier molecular flexibility index (Phi) is 3.33. The molecule has 8 heteroatoms. The van der Waals surface area contributed by atoms with Crippen LogP contribution in [0.4, 0.5) is 18.9 Å². The number of ether oxygens (including phenoxy) is 1. The van der Waals surface area contributed by atoms with Gasteiger partial charge in [0.05, 0.1) is 0 Å². The lowest BCUT2D eigenvalue weighted by Gasteiger charge is -2.11. The van der Waals surface area contributed by atoms with Crippen molar-refractivity contribution in [2.24, 2.45) is 5.73 Å². The van der Waals surface area contributed by atoms with Gasteiger partial charge in [-0.05, 0) is 0 Å². The minimum Gasteiger partial charge on any atom is -0.398 e.